The van der Waals surface area contributed by atoms with Gasteiger partial charge in [-0.15, -0.1) is 0 Å². The molecule has 228 valence electrons. The molecule has 3 aromatic rings. The largest absolute Gasteiger partial charge is 0.493 e. The van der Waals surface area contributed by atoms with Gasteiger partial charge in [0, 0.05) is 18.3 Å². The van der Waals surface area contributed by atoms with Gasteiger partial charge in [-0.05, 0) is 74.3 Å². The van der Waals surface area contributed by atoms with E-state index in [1.165, 1.54) is 33.5 Å². The number of nitrogens with zero attached hydrogens (tertiary/aromatic N) is 3. The maximum Gasteiger partial charge on any atom is 0.256 e. The lowest BCUT2D eigenvalue weighted by Crippen LogP contribution is -2.51. The SMILES string of the molecule is COc1cc(C(=O)N2COC(CCN3CCC(C(N)=O)(c4ccccn4)CC3)(c3ccc(F)cc3)C2)cc(OC)c1OC. The number of amides is 2. The van der Waals surface area contributed by atoms with Crippen LogP contribution in [0.25, 0.3) is 0 Å². The van der Waals surface area contributed by atoms with Gasteiger partial charge in [-0.25, -0.2) is 4.39 Å². The number of piperidine rings is 1. The first-order chi connectivity index (χ1) is 20.7. The molecule has 43 heavy (non-hydrogen) atoms. The number of likely N-dealkylation sites (tertiary alicyclic amines) is 1. The molecule has 0 bridgehead atoms. The number of pyridine rings is 1. The first kappa shape index (κ1) is 30.2. The van der Waals surface area contributed by atoms with Crippen LogP contribution in [0.5, 0.6) is 17.2 Å². The molecule has 2 fully saturated rings. The highest BCUT2D eigenvalue weighted by molar-refractivity contribution is 5.96. The number of hydrogen-bond acceptors (Lipinski definition) is 8. The molecule has 2 N–H and O–H groups in total. The smallest absolute Gasteiger partial charge is 0.256 e. The van der Waals surface area contributed by atoms with Crippen molar-refractivity contribution in [3.05, 3.63) is 83.4 Å². The van der Waals surface area contributed by atoms with E-state index in [2.05, 4.69) is 9.88 Å². The van der Waals surface area contributed by atoms with Gasteiger partial charge in [0.05, 0.1) is 39.0 Å². The lowest BCUT2D eigenvalue weighted by atomic mass is 9.74. The third kappa shape index (κ3) is 5.87. The van der Waals surface area contributed by atoms with E-state index in [4.69, 9.17) is 24.7 Å². The minimum absolute atomic E-state index is 0.0529. The molecule has 0 radical (unpaired) electrons. The van der Waals surface area contributed by atoms with Gasteiger partial charge in [-0.3, -0.25) is 14.6 Å². The zero-order chi connectivity index (χ0) is 30.6. The van der Waals surface area contributed by atoms with Gasteiger partial charge in [0.1, 0.15) is 18.1 Å². The Morgan fingerprint density at radius 1 is 1.00 bits per heavy atom. The molecule has 10 nitrogen and oxygen atoms in total. The second kappa shape index (κ2) is 12.6. The van der Waals surface area contributed by atoms with E-state index in [0.29, 0.717) is 67.4 Å². The van der Waals surface area contributed by atoms with Crippen molar-refractivity contribution in [2.24, 2.45) is 5.73 Å². The van der Waals surface area contributed by atoms with E-state index >= 15 is 0 Å². The van der Waals surface area contributed by atoms with E-state index in [9.17, 15) is 14.0 Å². The van der Waals surface area contributed by atoms with Gasteiger partial charge in [-0.1, -0.05) is 18.2 Å². The van der Waals surface area contributed by atoms with Gasteiger partial charge in [0.15, 0.2) is 11.5 Å². The molecule has 1 unspecified atom stereocenters. The van der Waals surface area contributed by atoms with Crippen LogP contribution < -0.4 is 19.9 Å². The maximum atomic E-state index is 13.9. The summed E-state index contributed by atoms with van der Waals surface area (Å²) < 4.78 is 36.6. The number of methoxy groups -OCH3 is 3. The Kier molecular flexibility index (Phi) is 8.84. The number of hydrogen-bond donors (Lipinski definition) is 1. The molecule has 1 aromatic heterocycles. The van der Waals surface area contributed by atoms with Crippen molar-refractivity contribution in [2.45, 2.75) is 30.3 Å². The number of primary amides is 1. The number of aromatic nitrogens is 1. The molecule has 0 saturated carbocycles. The van der Waals surface area contributed by atoms with E-state index in [1.807, 2.05) is 18.2 Å². The Bertz CT molecular complexity index is 1420. The van der Waals surface area contributed by atoms with Gasteiger partial charge in [0.2, 0.25) is 11.7 Å². The van der Waals surface area contributed by atoms with Crippen LogP contribution in [0.2, 0.25) is 0 Å². The van der Waals surface area contributed by atoms with Crippen LogP contribution in [0.3, 0.4) is 0 Å². The fraction of sp³-hybridized carbons (Fsp3) is 0.406. The summed E-state index contributed by atoms with van der Waals surface area (Å²) in [6, 6.07) is 15.0. The molecule has 2 aliphatic rings. The molecule has 2 saturated heterocycles. The summed E-state index contributed by atoms with van der Waals surface area (Å²) in [5, 5.41) is 0. The number of carbonyl (C=O) groups excluding carboxylic acids is 2. The van der Waals surface area contributed by atoms with Gasteiger partial charge in [0.25, 0.3) is 5.91 Å². The zero-order valence-electron chi connectivity index (χ0n) is 24.7. The molecule has 2 aliphatic heterocycles. The number of rotatable bonds is 10. The van der Waals surface area contributed by atoms with Crippen LogP contribution in [-0.2, 0) is 20.5 Å². The normalized spacial score (nSPS) is 20.0. The predicted molar refractivity (Wildman–Crippen MR) is 157 cm³/mol. The zero-order valence-corrected chi connectivity index (χ0v) is 24.7. The number of benzene rings is 2. The summed E-state index contributed by atoms with van der Waals surface area (Å²) in [5.74, 6) is 0.160. The van der Waals surface area contributed by atoms with E-state index in [0.717, 1.165) is 5.56 Å². The third-order valence-corrected chi connectivity index (χ3v) is 8.68. The Labute approximate surface area is 250 Å². The molecular formula is C32H37FN4O6. The lowest BCUT2D eigenvalue weighted by molar-refractivity contribution is -0.125. The van der Waals surface area contributed by atoms with Gasteiger partial charge in [-0.2, -0.15) is 0 Å². The van der Waals surface area contributed by atoms with Gasteiger partial charge < -0.3 is 34.5 Å². The molecule has 3 heterocycles. The monoisotopic (exact) mass is 592 g/mol. The van der Waals surface area contributed by atoms with Crippen LogP contribution >= 0.6 is 0 Å². The predicted octanol–water partition coefficient (Wildman–Crippen LogP) is 3.48. The molecule has 0 aliphatic carbocycles. The summed E-state index contributed by atoms with van der Waals surface area (Å²) >= 11 is 0. The van der Waals surface area contributed by atoms with Crippen molar-refractivity contribution in [2.75, 3.05) is 54.2 Å². The summed E-state index contributed by atoms with van der Waals surface area (Å²) in [5.41, 5.74) is 6.08. The minimum atomic E-state index is -0.858. The Hall–Kier alpha value is -4.22. The molecule has 11 heteroatoms. The molecule has 2 amide bonds. The number of halogens is 1. The molecular weight excluding hydrogens is 555 g/mol. The second-order valence-corrected chi connectivity index (χ2v) is 10.9. The standard InChI is InChI=1S/C32H37FN4O6/c1-40-25-18-22(19-26(41-2)28(25)42-3)29(38)37-20-32(43-21-37,23-7-9-24(33)10-8-23)13-17-36-15-11-31(12-16-36,30(34)39)27-6-4-5-14-35-27/h4-10,14,18-19H,11-13,15-17,20-21H2,1-3H3,(H2,34,39). The fourth-order valence-corrected chi connectivity index (χ4v) is 6.11. The molecule has 2 aromatic carbocycles. The highest BCUT2D eigenvalue weighted by Gasteiger charge is 2.45. The van der Waals surface area contributed by atoms with E-state index < -0.39 is 11.0 Å². The van der Waals surface area contributed by atoms with Gasteiger partial charge >= 0.3 is 0 Å². The van der Waals surface area contributed by atoms with Crippen LogP contribution in [0.4, 0.5) is 4.39 Å². The third-order valence-electron chi connectivity index (χ3n) is 8.68. The number of ether oxygens (including phenoxy) is 4. The molecule has 5 rings (SSSR count). The summed E-state index contributed by atoms with van der Waals surface area (Å²) in [7, 11) is 4.49. The average Bonchev–Trinajstić information content (AvgIpc) is 3.49. The highest BCUT2D eigenvalue weighted by Crippen LogP contribution is 2.41. The van der Waals surface area contributed by atoms with E-state index in [1.54, 1.807) is 35.4 Å². The number of carbonyl (C=O) groups is 2. The number of nitrogens with two attached hydrogens (primary N) is 1. The first-order valence-corrected chi connectivity index (χ1v) is 14.2. The first-order valence-electron chi connectivity index (χ1n) is 14.2. The van der Waals surface area contributed by atoms with Crippen molar-refractivity contribution in [1.82, 2.24) is 14.8 Å². The minimum Gasteiger partial charge on any atom is -0.493 e. The Morgan fingerprint density at radius 3 is 2.23 bits per heavy atom. The van der Waals surface area contributed by atoms with E-state index in [-0.39, 0.29) is 30.9 Å². The van der Waals surface area contributed by atoms with Crippen molar-refractivity contribution < 1.29 is 32.9 Å². The molecule has 1 atom stereocenters. The quantitative estimate of drug-likeness (QED) is 0.381. The maximum absolute atomic E-state index is 13.9. The lowest BCUT2D eigenvalue weighted by Gasteiger charge is -2.40. The van der Waals surface area contributed by atoms with Crippen LogP contribution in [-0.4, -0.2) is 80.8 Å². The highest BCUT2D eigenvalue weighted by atomic mass is 19.1. The Morgan fingerprint density at radius 2 is 1.67 bits per heavy atom. The average molecular weight is 593 g/mol. The van der Waals surface area contributed by atoms with Crippen LogP contribution in [0, 0.1) is 5.82 Å². The Balaban J connectivity index is 1.34. The summed E-state index contributed by atoms with van der Waals surface area (Å²) in [6.07, 6.45) is 3.33. The summed E-state index contributed by atoms with van der Waals surface area (Å²) in [6.45, 7) is 2.25. The van der Waals surface area contributed by atoms with Crippen molar-refractivity contribution >= 4 is 11.8 Å². The fourth-order valence-electron chi connectivity index (χ4n) is 6.11. The van der Waals surface area contributed by atoms with Crippen molar-refractivity contribution in [3.8, 4) is 17.2 Å². The van der Waals surface area contributed by atoms with Crippen LogP contribution in [0.15, 0.2) is 60.8 Å². The van der Waals surface area contributed by atoms with Crippen LogP contribution in [0.1, 0.15) is 40.9 Å². The topological polar surface area (TPSA) is 116 Å². The van der Waals surface area contributed by atoms with Crippen molar-refractivity contribution in [3.63, 3.8) is 0 Å². The van der Waals surface area contributed by atoms with Crippen molar-refractivity contribution in [1.29, 1.82) is 0 Å². The molecule has 0 spiro atoms. The summed E-state index contributed by atoms with van der Waals surface area (Å²) in [4.78, 5) is 34.6. The second-order valence-electron chi connectivity index (χ2n) is 10.9.